The van der Waals surface area contributed by atoms with Crippen molar-refractivity contribution in [2.45, 2.75) is 17.9 Å². The average Bonchev–Trinajstić information content (AvgIpc) is 2.61. The fourth-order valence-electron chi connectivity index (χ4n) is 2.75. The molecule has 0 aromatic heterocycles. The molecule has 0 unspecified atom stereocenters. The van der Waals surface area contributed by atoms with E-state index in [0.29, 0.717) is 12.3 Å². The van der Waals surface area contributed by atoms with Crippen LogP contribution < -0.4 is 15.0 Å². The predicted octanol–water partition coefficient (Wildman–Crippen LogP) is 3.00. The Balaban J connectivity index is 1.52. The topological polar surface area (TPSA) is 61.8 Å². The van der Waals surface area contributed by atoms with Gasteiger partial charge in [0, 0.05) is 36.3 Å². The average molecular weight is 358 g/mol. The Bertz CT molecular complexity index is 721. The van der Waals surface area contributed by atoms with Crippen molar-refractivity contribution >= 4 is 29.0 Å². The molecule has 0 spiro atoms. The SMILES string of the molecule is CC(=O)Nc1ccc(OC[C@H](O)CN2CCSc3ccccc32)cc1. The second kappa shape index (κ2) is 8.27. The lowest BCUT2D eigenvalue weighted by atomic mass is 10.2. The van der Waals surface area contributed by atoms with Gasteiger partial charge in [0.05, 0.1) is 5.69 Å². The molecule has 0 radical (unpaired) electrons. The van der Waals surface area contributed by atoms with Gasteiger partial charge in [0.2, 0.25) is 5.91 Å². The smallest absolute Gasteiger partial charge is 0.221 e. The first-order chi connectivity index (χ1) is 12.1. The summed E-state index contributed by atoms with van der Waals surface area (Å²) < 4.78 is 5.66. The zero-order valence-electron chi connectivity index (χ0n) is 14.1. The van der Waals surface area contributed by atoms with Gasteiger partial charge in [0.1, 0.15) is 18.5 Å². The molecule has 2 N–H and O–H groups in total. The number of amides is 1. The number of aliphatic hydroxyl groups is 1. The van der Waals surface area contributed by atoms with Crippen LogP contribution in [0.25, 0.3) is 0 Å². The van der Waals surface area contributed by atoms with Crippen LogP contribution in [0.3, 0.4) is 0 Å². The van der Waals surface area contributed by atoms with E-state index in [9.17, 15) is 9.90 Å². The van der Waals surface area contributed by atoms with Gasteiger partial charge in [-0.2, -0.15) is 0 Å². The molecule has 25 heavy (non-hydrogen) atoms. The molecule has 1 aliphatic rings. The van der Waals surface area contributed by atoms with Crippen molar-refractivity contribution in [1.29, 1.82) is 0 Å². The quantitative estimate of drug-likeness (QED) is 0.831. The molecular weight excluding hydrogens is 336 g/mol. The van der Waals surface area contributed by atoms with Gasteiger partial charge < -0.3 is 20.1 Å². The number of para-hydroxylation sites is 1. The molecule has 1 amide bonds. The Hall–Kier alpha value is -2.18. The third kappa shape index (κ3) is 4.90. The third-order valence-electron chi connectivity index (χ3n) is 3.87. The molecule has 132 valence electrons. The number of rotatable bonds is 6. The molecule has 0 saturated heterocycles. The van der Waals surface area contributed by atoms with Gasteiger partial charge in [-0.05, 0) is 36.4 Å². The van der Waals surface area contributed by atoms with Crippen molar-refractivity contribution in [2.24, 2.45) is 0 Å². The molecule has 0 aliphatic carbocycles. The number of ether oxygens (including phenoxy) is 1. The fourth-order valence-corrected chi connectivity index (χ4v) is 3.81. The molecule has 1 heterocycles. The molecule has 1 aliphatic heterocycles. The van der Waals surface area contributed by atoms with E-state index in [2.05, 4.69) is 22.3 Å². The van der Waals surface area contributed by atoms with Gasteiger partial charge in [-0.25, -0.2) is 0 Å². The Morgan fingerprint density at radius 3 is 2.80 bits per heavy atom. The molecule has 5 nitrogen and oxygen atoms in total. The Morgan fingerprint density at radius 1 is 1.28 bits per heavy atom. The van der Waals surface area contributed by atoms with Gasteiger partial charge in [-0.3, -0.25) is 4.79 Å². The summed E-state index contributed by atoms with van der Waals surface area (Å²) in [5.74, 6) is 1.58. The number of nitrogens with zero attached hydrogens (tertiary/aromatic N) is 1. The first-order valence-electron chi connectivity index (χ1n) is 8.27. The van der Waals surface area contributed by atoms with Crippen LogP contribution in [-0.4, -0.2) is 42.6 Å². The maximum absolute atomic E-state index is 11.0. The van der Waals surface area contributed by atoms with Crippen LogP contribution in [0.5, 0.6) is 5.75 Å². The summed E-state index contributed by atoms with van der Waals surface area (Å²) in [6.45, 7) is 3.16. The van der Waals surface area contributed by atoms with Gasteiger partial charge in [0.25, 0.3) is 0 Å². The van der Waals surface area contributed by atoms with Crippen LogP contribution in [0.1, 0.15) is 6.92 Å². The largest absolute Gasteiger partial charge is 0.491 e. The number of benzene rings is 2. The molecule has 2 aromatic carbocycles. The highest BCUT2D eigenvalue weighted by Gasteiger charge is 2.19. The third-order valence-corrected chi connectivity index (χ3v) is 4.92. The van der Waals surface area contributed by atoms with Crippen LogP contribution >= 0.6 is 11.8 Å². The normalized spacial score (nSPS) is 14.6. The summed E-state index contributed by atoms with van der Waals surface area (Å²) in [6, 6.07) is 15.4. The zero-order valence-corrected chi connectivity index (χ0v) is 15.0. The summed E-state index contributed by atoms with van der Waals surface area (Å²) in [5.41, 5.74) is 1.90. The van der Waals surface area contributed by atoms with Crippen LogP contribution in [0.15, 0.2) is 53.4 Å². The maximum Gasteiger partial charge on any atom is 0.221 e. The highest BCUT2D eigenvalue weighted by molar-refractivity contribution is 7.99. The summed E-state index contributed by atoms with van der Waals surface area (Å²) in [7, 11) is 0. The van der Waals surface area contributed by atoms with E-state index in [-0.39, 0.29) is 12.5 Å². The van der Waals surface area contributed by atoms with Crippen molar-refractivity contribution in [3.05, 3.63) is 48.5 Å². The lowest BCUT2D eigenvalue weighted by Crippen LogP contribution is -2.38. The highest BCUT2D eigenvalue weighted by Crippen LogP contribution is 2.34. The molecule has 0 saturated carbocycles. The summed E-state index contributed by atoms with van der Waals surface area (Å²) in [4.78, 5) is 14.5. The predicted molar refractivity (Wildman–Crippen MR) is 102 cm³/mol. The number of hydrogen-bond acceptors (Lipinski definition) is 5. The van der Waals surface area contributed by atoms with Gasteiger partial charge >= 0.3 is 0 Å². The minimum absolute atomic E-state index is 0.107. The van der Waals surface area contributed by atoms with Gasteiger partial charge in [-0.1, -0.05) is 12.1 Å². The minimum Gasteiger partial charge on any atom is -0.491 e. The maximum atomic E-state index is 11.0. The number of nitrogens with one attached hydrogen (secondary N) is 1. The van der Waals surface area contributed by atoms with Crippen LogP contribution in [0, 0.1) is 0 Å². The first kappa shape index (κ1) is 17.6. The Kier molecular flexibility index (Phi) is 5.83. The molecule has 0 bridgehead atoms. The Labute approximate surface area is 152 Å². The fraction of sp³-hybridized carbons (Fsp3) is 0.316. The number of thioether (sulfide) groups is 1. The molecule has 3 rings (SSSR count). The van der Waals surface area contributed by atoms with E-state index in [1.807, 2.05) is 23.9 Å². The van der Waals surface area contributed by atoms with E-state index in [1.165, 1.54) is 17.5 Å². The number of fused-ring (bicyclic) bond motifs is 1. The Morgan fingerprint density at radius 2 is 2.04 bits per heavy atom. The van der Waals surface area contributed by atoms with Crippen LogP contribution in [0.4, 0.5) is 11.4 Å². The van der Waals surface area contributed by atoms with E-state index in [4.69, 9.17) is 4.74 Å². The minimum atomic E-state index is -0.578. The molecule has 0 fully saturated rings. The molecule has 2 aromatic rings. The van der Waals surface area contributed by atoms with Crippen molar-refractivity contribution in [2.75, 3.05) is 35.7 Å². The summed E-state index contributed by atoms with van der Waals surface area (Å²) >= 11 is 1.85. The van der Waals surface area contributed by atoms with E-state index in [1.54, 1.807) is 24.3 Å². The van der Waals surface area contributed by atoms with Gasteiger partial charge in [0.15, 0.2) is 0 Å². The molecule has 6 heteroatoms. The van der Waals surface area contributed by atoms with Crippen LogP contribution in [0.2, 0.25) is 0 Å². The van der Waals surface area contributed by atoms with Crippen molar-refractivity contribution < 1.29 is 14.6 Å². The van der Waals surface area contributed by atoms with Crippen molar-refractivity contribution in [1.82, 2.24) is 0 Å². The molecule has 1 atom stereocenters. The second-order valence-electron chi connectivity index (χ2n) is 5.93. The summed E-state index contributed by atoms with van der Waals surface area (Å²) in [5, 5.41) is 13.0. The number of hydrogen-bond donors (Lipinski definition) is 2. The first-order valence-corrected chi connectivity index (χ1v) is 9.25. The highest BCUT2D eigenvalue weighted by atomic mass is 32.2. The standard InChI is InChI=1S/C19H22N2O3S/c1-14(22)20-15-6-8-17(9-7-15)24-13-16(23)12-21-10-11-25-19-5-3-2-4-18(19)21/h2-9,16,23H,10-13H2,1H3,(H,20,22)/t16-/m1/s1. The number of carbonyl (C=O) groups is 1. The number of β-amino-alcohol motifs (C(OH)–C–C–N with tert-alkyl or cyclic N) is 1. The van der Waals surface area contributed by atoms with Crippen molar-refractivity contribution in [3.8, 4) is 5.75 Å². The van der Waals surface area contributed by atoms with Gasteiger partial charge in [-0.15, -0.1) is 11.8 Å². The van der Waals surface area contributed by atoms with E-state index in [0.717, 1.165) is 18.0 Å². The van der Waals surface area contributed by atoms with Crippen LogP contribution in [-0.2, 0) is 4.79 Å². The van der Waals surface area contributed by atoms with E-state index < -0.39 is 6.10 Å². The monoisotopic (exact) mass is 358 g/mol. The summed E-state index contributed by atoms with van der Waals surface area (Å²) in [6.07, 6.45) is -0.578. The number of aliphatic hydroxyl groups excluding tert-OH is 1. The van der Waals surface area contributed by atoms with E-state index >= 15 is 0 Å². The number of anilines is 2. The lowest BCUT2D eigenvalue weighted by Gasteiger charge is -2.32. The lowest BCUT2D eigenvalue weighted by molar-refractivity contribution is -0.114. The second-order valence-corrected chi connectivity index (χ2v) is 7.07. The number of carbonyl (C=O) groups excluding carboxylic acids is 1. The molecular formula is C19H22N2O3S. The van der Waals surface area contributed by atoms with Crippen molar-refractivity contribution in [3.63, 3.8) is 0 Å². The zero-order chi connectivity index (χ0) is 17.6.